The van der Waals surface area contributed by atoms with E-state index in [9.17, 15) is 0 Å². The third-order valence-corrected chi connectivity index (χ3v) is 4.06. The zero-order valence-corrected chi connectivity index (χ0v) is 15.3. The first-order chi connectivity index (χ1) is 12.1. The molecule has 2 N–H and O–H groups in total. The number of hydrogen-bond acceptors (Lipinski definition) is 3. The van der Waals surface area contributed by atoms with Crippen LogP contribution in [0.15, 0.2) is 48.9 Å². The number of nitrogens with zero attached hydrogens (tertiary/aromatic N) is 4. The molecule has 25 heavy (non-hydrogen) atoms. The summed E-state index contributed by atoms with van der Waals surface area (Å²) in [5.74, 6) is 0.730. The van der Waals surface area contributed by atoms with Gasteiger partial charge in [0.1, 0.15) is 0 Å². The molecule has 0 saturated heterocycles. The van der Waals surface area contributed by atoms with Gasteiger partial charge >= 0.3 is 0 Å². The van der Waals surface area contributed by atoms with Crippen LogP contribution in [0.4, 0.5) is 5.82 Å². The van der Waals surface area contributed by atoms with Gasteiger partial charge in [-0.05, 0) is 31.6 Å². The molecule has 0 bridgehead atoms. The van der Waals surface area contributed by atoms with Crippen LogP contribution >= 0.6 is 12.2 Å². The maximum absolute atomic E-state index is 5.32. The molecular weight excluding hydrogens is 332 g/mol. The Morgan fingerprint density at radius 2 is 1.92 bits per heavy atom. The number of rotatable bonds is 6. The third kappa shape index (κ3) is 4.90. The van der Waals surface area contributed by atoms with E-state index in [1.807, 2.05) is 34.0 Å². The molecule has 0 atom stereocenters. The minimum atomic E-state index is 0.546. The van der Waals surface area contributed by atoms with Crippen molar-refractivity contribution in [3.05, 3.63) is 65.6 Å². The Hall–Kier alpha value is -2.67. The molecule has 1 aromatic carbocycles. The molecule has 0 aliphatic rings. The SMILES string of the molecule is CCn1cc(CNC(=S)Nc2ccn(Cc3ccc(C)cc3)n2)cn1. The van der Waals surface area contributed by atoms with E-state index in [0.29, 0.717) is 11.7 Å². The topological polar surface area (TPSA) is 59.7 Å². The van der Waals surface area contributed by atoms with Gasteiger partial charge in [0, 0.05) is 37.1 Å². The summed E-state index contributed by atoms with van der Waals surface area (Å²) in [7, 11) is 0. The van der Waals surface area contributed by atoms with Gasteiger partial charge in [-0.1, -0.05) is 29.8 Å². The molecule has 0 aliphatic carbocycles. The summed E-state index contributed by atoms with van der Waals surface area (Å²) >= 11 is 5.32. The quantitative estimate of drug-likeness (QED) is 0.667. The number of nitrogens with one attached hydrogen (secondary N) is 2. The van der Waals surface area contributed by atoms with Crippen molar-refractivity contribution >= 4 is 23.1 Å². The van der Waals surface area contributed by atoms with Crippen molar-refractivity contribution in [3.8, 4) is 0 Å². The molecule has 6 nitrogen and oxygen atoms in total. The van der Waals surface area contributed by atoms with Crippen LogP contribution in [0.5, 0.6) is 0 Å². The first-order valence-electron chi connectivity index (χ1n) is 8.27. The van der Waals surface area contributed by atoms with Gasteiger partial charge in [-0.25, -0.2) is 0 Å². The molecule has 130 valence electrons. The Kier molecular flexibility index (Phi) is 5.45. The van der Waals surface area contributed by atoms with Gasteiger partial charge in [-0.15, -0.1) is 0 Å². The number of hydrogen-bond donors (Lipinski definition) is 2. The Bertz CT molecular complexity index is 833. The van der Waals surface area contributed by atoms with Crippen molar-refractivity contribution < 1.29 is 0 Å². The first-order valence-corrected chi connectivity index (χ1v) is 8.68. The van der Waals surface area contributed by atoms with Gasteiger partial charge < -0.3 is 10.6 Å². The highest BCUT2D eigenvalue weighted by molar-refractivity contribution is 7.80. The molecule has 0 radical (unpaired) electrons. The molecule has 0 unspecified atom stereocenters. The average Bonchev–Trinajstić information content (AvgIpc) is 3.24. The lowest BCUT2D eigenvalue weighted by atomic mass is 10.1. The number of benzene rings is 1. The van der Waals surface area contributed by atoms with Crippen LogP contribution in [0, 0.1) is 6.92 Å². The first kappa shape index (κ1) is 17.2. The zero-order valence-electron chi connectivity index (χ0n) is 14.4. The van der Waals surface area contributed by atoms with E-state index in [0.717, 1.165) is 24.5 Å². The number of anilines is 1. The molecule has 0 amide bonds. The smallest absolute Gasteiger partial charge is 0.172 e. The van der Waals surface area contributed by atoms with Gasteiger partial charge in [0.15, 0.2) is 10.9 Å². The van der Waals surface area contributed by atoms with Crippen molar-refractivity contribution in [2.45, 2.75) is 33.5 Å². The molecule has 0 fully saturated rings. The van der Waals surface area contributed by atoms with Crippen LogP contribution in [-0.2, 0) is 19.6 Å². The lowest BCUT2D eigenvalue weighted by Gasteiger charge is -2.07. The monoisotopic (exact) mass is 354 g/mol. The second-order valence-corrected chi connectivity index (χ2v) is 6.30. The van der Waals surface area contributed by atoms with E-state index < -0.39 is 0 Å². The summed E-state index contributed by atoms with van der Waals surface area (Å²) in [5, 5.41) is 15.6. The van der Waals surface area contributed by atoms with E-state index >= 15 is 0 Å². The largest absolute Gasteiger partial charge is 0.358 e. The maximum atomic E-state index is 5.32. The summed E-state index contributed by atoms with van der Waals surface area (Å²) in [6, 6.07) is 10.4. The van der Waals surface area contributed by atoms with Crippen LogP contribution in [0.2, 0.25) is 0 Å². The van der Waals surface area contributed by atoms with Crippen LogP contribution in [0.25, 0.3) is 0 Å². The fraction of sp³-hybridized carbons (Fsp3) is 0.278. The number of thiocarbonyl (C=S) groups is 1. The summed E-state index contributed by atoms with van der Waals surface area (Å²) < 4.78 is 3.78. The normalized spacial score (nSPS) is 10.6. The van der Waals surface area contributed by atoms with Gasteiger partial charge in [-0.2, -0.15) is 10.2 Å². The highest BCUT2D eigenvalue weighted by Crippen LogP contribution is 2.08. The van der Waals surface area contributed by atoms with E-state index in [2.05, 4.69) is 58.9 Å². The Morgan fingerprint density at radius 3 is 2.64 bits per heavy atom. The second kappa shape index (κ2) is 7.94. The van der Waals surface area contributed by atoms with Crippen molar-refractivity contribution in [3.63, 3.8) is 0 Å². The lowest BCUT2D eigenvalue weighted by Crippen LogP contribution is -2.28. The lowest BCUT2D eigenvalue weighted by molar-refractivity contribution is 0.659. The van der Waals surface area contributed by atoms with Crippen LogP contribution in [-0.4, -0.2) is 24.7 Å². The molecule has 3 aromatic rings. The average molecular weight is 354 g/mol. The molecule has 2 aromatic heterocycles. The Balaban J connectivity index is 1.50. The van der Waals surface area contributed by atoms with Crippen molar-refractivity contribution in [1.29, 1.82) is 0 Å². The predicted octanol–water partition coefficient (Wildman–Crippen LogP) is 2.94. The molecule has 7 heteroatoms. The summed E-state index contributed by atoms with van der Waals surface area (Å²) in [5.41, 5.74) is 3.57. The van der Waals surface area contributed by atoms with Crippen LogP contribution in [0.1, 0.15) is 23.6 Å². The minimum absolute atomic E-state index is 0.546. The maximum Gasteiger partial charge on any atom is 0.172 e. The standard InChI is InChI=1S/C18H22N6S/c1-3-23-13-16(11-20-23)10-19-18(25)21-17-8-9-24(22-17)12-15-6-4-14(2)5-7-15/h4-9,11,13H,3,10,12H2,1-2H3,(H2,19,21,22,25). The molecular formula is C18H22N6S. The zero-order chi connectivity index (χ0) is 17.6. The molecule has 0 saturated carbocycles. The van der Waals surface area contributed by atoms with Crippen molar-refractivity contribution in [2.75, 3.05) is 5.32 Å². The fourth-order valence-corrected chi connectivity index (χ4v) is 2.59. The van der Waals surface area contributed by atoms with Crippen molar-refractivity contribution in [2.24, 2.45) is 0 Å². The van der Waals surface area contributed by atoms with E-state index in [1.54, 1.807) is 0 Å². The van der Waals surface area contributed by atoms with Gasteiger partial charge in [0.2, 0.25) is 0 Å². The Labute approximate surface area is 152 Å². The molecule has 2 heterocycles. The minimum Gasteiger partial charge on any atom is -0.358 e. The molecule has 3 rings (SSSR count). The predicted molar refractivity (Wildman–Crippen MR) is 103 cm³/mol. The third-order valence-electron chi connectivity index (χ3n) is 3.81. The Morgan fingerprint density at radius 1 is 1.12 bits per heavy atom. The van der Waals surface area contributed by atoms with Gasteiger partial charge in [0.05, 0.1) is 12.7 Å². The van der Waals surface area contributed by atoms with Crippen LogP contribution in [0.3, 0.4) is 0 Å². The summed E-state index contributed by atoms with van der Waals surface area (Å²) in [6.07, 6.45) is 5.79. The number of aryl methyl sites for hydroxylation is 2. The van der Waals surface area contributed by atoms with E-state index in [1.165, 1.54) is 11.1 Å². The van der Waals surface area contributed by atoms with E-state index in [4.69, 9.17) is 12.2 Å². The van der Waals surface area contributed by atoms with Crippen molar-refractivity contribution in [1.82, 2.24) is 24.9 Å². The van der Waals surface area contributed by atoms with Gasteiger partial charge in [0.25, 0.3) is 0 Å². The van der Waals surface area contributed by atoms with Gasteiger partial charge in [-0.3, -0.25) is 9.36 Å². The van der Waals surface area contributed by atoms with Crippen LogP contribution < -0.4 is 10.6 Å². The highest BCUT2D eigenvalue weighted by atomic mass is 32.1. The second-order valence-electron chi connectivity index (χ2n) is 5.90. The summed E-state index contributed by atoms with van der Waals surface area (Å²) in [4.78, 5) is 0. The highest BCUT2D eigenvalue weighted by Gasteiger charge is 2.04. The fourth-order valence-electron chi connectivity index (χ4n) is 2.41. The summed E-state index contributed by atoms with van der Waals surface area (Å²) in [6.45, 7) is 6.37. The van der Waals surface area contributed by atoms with E-state index in [-0.39, 0.29) is 0 Å². The number of aromatic nitrogens is 4. The molecule has 0 aliphatic heterocycles. The molecule has 0 spiro atoms.